The van der Waals surface area contributed by atoms with E-state index in [1.807, 2.05) is 6.07 Å². The standard InChI is InChI=1S/C11H19N3O3/c1-17-6-5-14(4-2-3-12)11(16)10-7-9(15)8-13-10/h9-10,13,15H,2,4-8H2,1H3. The molecule has 1 fully saturated rings. The largest absolute Gasteiger partial charge is 0.392 e. The third-order valence-electron chi connectivity index (χ3n) is 2.78. The molecule has 17 heavy (non-hydrogen) atoms. The summed E-state index contributed by atoms with van der Waals surface area (Å²) in [4.78, 5) is 13.7. The van der Waals surface area contributed by atoms with Gasteiger partial charge >= 0.3 is 0 Å². The van der Waals surface area contributed by atoms with Gasteiger partial charge in [0.25, 0.3) is 0 Å². The highest BCUT2D eigenvalue weighted by molar-refractivity contribution is 5.82. The predicted molar refractivity (Wildman–Crippen MR) is 61.1 cm³/mol. The van der Waals surface area contributed by atoms with E-state index >= 15 is 0 Å². The second-order valence-electron chi connectivity index (χ2n) is 4.08. The van der Waals surface area contributed by atoms with Crippen molar-refractivity contribution in [3.63, 3.8) is 0 Å². The van der Waals surface area contributed by atoms with Gasteiger partial charge in [0, 0.05) is 26.7 Å². The number of carbonyl (C=O) groups excluding carboxylic acids is 1. The molecule has 0 saturated carbocycles. The Morgan fingerprint density at radius 2 is 2.41 bits per heavy atom. The van der Waals surface area contributed by atoms with Gasteiger partial charge in [0.1, 0.15) is 0 Å². The first-order valence-corrected chi connectivity index (χ1v) is 5.75. The molecule has 96 valence electrons. The number of hydrogen-bond donors (Lipinski definition) is 2. The zero-order valence-corrected chi connectivity index (χ0v) is 10.1. The molecule has 2 atom stereocenters. The number of ether oxygens (including phenoxy) is 1. The van der Waals surface area contributed by atoms with Gasteiger partial charge in [0.15, 0.2) is 0 Å². The van der Waals surface area contributed by atoms with Crippen LogP contribution >= 0.6 is 0 Å². The number of β-amino-alcohol motifs (C(OH)–C–C–N with tert-alkyl or cyclic N) is 1. The number of aliphatic hydroxyl groups is 1. The highest BCUT2D eigenvalue weighted by Crippen LogP contribution is 2.10. The summed E-state index contributed by atoms with van der Waals surface area (Å²) in [6, 6.07) is 1.69. The predicted octanol–water partition coefficient (Wildman–Crippen LogP) is -0.902. The average Bonchev–Trinajstić information content (AvgIpc) is 2.75. The van der Waals surface area contributed by atoms with Crippen molar-refractivity contribution >= 4 is 5.91 Å². The molecule has 1 amide bonds. The third kappa shape index (κ3) is 4.30. The molecule has 0 spiro atoms. The van der Waals surface area contributed by atoms with Crippen molar-refractivity contribution in [3.8, 4) is 6.07 Å². The Balaban J connectivity index is 2.49. The maximum atomic E-state index is 12.1. The summed E-state index contributed by atoms with van der Waals surface area (Å²) in [6.45, 7) is 1.79. The molecule has 1 heterocycles. The van der Waals surface area contributed by atoms with Crippen LogP contribution < -0.4 is 5.32 Å². The van der Waals surface area contributed by atoms with Crippen LogP contribution in [0.15, 0.2) is 0 Å². The minimum absolute atomic E-state index is 0.0612. The van der Waals surface area contributed by atoms with Gasteiger partial charge in [0.05, 0.1) is 31.2 Å². The number of nitrogens with zero attached hydrogens (tertiary/aromatic N) is 2. The lowest BCUT2D eigenvalue weighted by Crippen LogP contribution is -2.45. The van der Waals surface area contributed by atoms with E-state index in [-0.39, 0.29) is 11.9 Å². The number of hydrogen-bond acceptors (Lipinski definition) is 5. The summed E-state index contributed by atoms with van der Waals surface area (Å²) in [5.74, 6) is -0.0612. The summed E-state index contributed by atoms with van der Waals surface area (Å²) in [5.41, 5.74) is 0. The van der Waals surface area contributed by atoms with Crippen molar-refractivity contribution in [2.75, 3.05) is 33.4 Å². The third-order valence-corrected chi connectivity index (χ3v) is 2.78. The number of amides is 1. The minimum Gasteiger partial charge on any atom is -0.392 e. The molecule has 1 aliphatic heterocycles. The van der Waals surface area contributed by atoms with Gasteiger partial charge in [-0.1, -0.05) is 0 Å². The molecular formula is C11H19N3O3. The molecule has 0 aromatic carbocycles. The number of nitriles is 1. The monoisotopic (exact) mass is 241 g/mol. The highest BCUT2D eigenvalue weighted by Gasteiger charge is 2.30. The second kappa shape index (κ2) is 7.22. The minimum atomic E-state index is -0.454. The van der Waals surface area contributed by atoms with E-state index in [4.69, 9.17) is 10.00 Å². The Bertz CT molecular complexity index is 290. The van der Waals surface area contributed by atoms with Crippen molar-refractivity contribution in [3.05, 3.63) is 0 Å². The first-order chi connectivity index (χ1) is 8.19. The van der Waals surface area contributed by atoms with Gasteiger partial charge in [0.2, 0.25) is 5.91 Å². The van der Waals surface area contributed by atoms with Crippen LogP contribution in [-0.2, 0) is 9.53 Å². The molecule has 0 aliphatic carbocycles. The molecule has 1 saturated heterocycles. The van der Waals surface area contributed by atoms with E-state index < -0.39 is 6.10 Å². The SMILES string of the molecule is COCCN(CCC#N)C(=O)C1CC(O)CN1. The summed E-state index contributed by atoms with van der Waals surface area (Å²) in [5, 5.41) is 20.9. The van der Waals surface area contributed by atoms with Crippen LogP contribution in [0.3, 0.4) is 0 Å². The topological polar surface area (TPSA) is 85.6 Å². The molecule has 1 aliphatic rings. The Kier molecular flexibility index (Phi) is 5.91. The van der Waals surface area contributed by atoms with E-state index in [1.165, 1.54) is 0 Å². The zero-order valence-electron chi connectivity index (χ0n) is 10.1. The van der Waals surface area contributed by atoms with Gasteiger partial charge in [-0.25, -0.2) is 0 Å². The maximum absolute atomic E-state index is 12.1. The molecule has 6 nitrogen and oxygen atoms in total. The van der Waals surface area contributed by atoms with Crippen LogP contribution in [0, 0.1) is 11.3 Å². The normalized spacial score (nSPS) is 23.4. The van der Waals surface area contributed by atoms with E-state index in [2.05, 4.69) is 5.32 Å². The number of aliphatic hydroxyl groups excluding tert-OH is 1. The molecule has 2 N–H and O–H groups in total. The number of carbonyl (C=O) groups is 1. The van der Waals surface area contributed by atoms with Crippen molar-refractivity contribution in [2.24, 2.45) is 0 Å². The Hall–Kier alpha value is -1.16. The fourth-order valence-electron chi connectivity index (χ4n) is 1.84. The molecule has 2 unspecified atom stereocenters. The van der Waals surface area contributed by atoms with E-state index in [0.29, 0.717) is 39.1 Å². The zero-order chi connectivity index (χ0) is 12.7. The number of methoxy groups -OCH3 is 1. The van der Waals surface area contributed by atoms with Gasteiger partial charge in [-0.2, -0.15) is 5.26 Å². The van der Waals surface area contributed by atoms with E-state index in [9.17, 15) is 9.90 Å². The van der Waals surface area contributed by atoms with Crippen molar-refractivity contribution in [2.45, 2.75) is 25.0 Å². The lowest BCUT2D eigenvalue weighted by molar-refractivity contribution is -0.133. The summed E-state index contributed by atoms with van der Waals surface area (Å²) in [7, 11) is 1.57. The highest BCUT2D eigenvalue weighted by atomic mass is 16.5. The number of nitrogens with one attached hydrogen (secondary N) is 1. The Labute approximate surface area is 101 Å². The van der Waals surface area contributed by atoms with Gasteiger partial charge in [-0.15, -0.1) is 0 Å². The molecule has 1 rings (SSSR count). The van der Waals surface area contributed by atoms with Crippen LogP contribution in [0.25, 0.3) is 0 Å². The second-order valence-corrected chi connectivity index (χ2v) is 4.08. The van der Waals surface area contributed by atoms with Crippen LogP contribution in [0.1, 0.15) is 12.8 Å². The van der Waals surface area contributed by atoms with Crippen LogP contribution in [0.2, 0.25) is 0 Å². The van der Waals surface area contributed by atoms with Crippen molar-refractivity contribution < 1.29 is 14.6 Å². The van der Waals surface area contributed by atoms with E-state index in [1.54, 1.807) is 12.0 Å². The van der Waals surface area contributed by atoms with Crippen LogP contribution in [0.5, 0.6) is 0 Å². The van der Waals surface area contributed by atoms with Gasteiger partial charge in [-0.05, 0) is 6.42 Å². The van der Waals surface area contributed by atoms with Crippen molar-refractivity contribution in [1.29, 1.82) is 5.26 Å². The van der Waals surface area contributed by atoms with E-state index in [0.717, 1.165) is 0 Å². The van der Waals surface area contributed by atoms with Crippen LogP contribution in [-0.4, -0.2) is 61.4 Å². The fraction of sp³-hybridized carbons (Fsp3) is 0.818. The summed E-state index contributed by atoms with van der Waals surface area (Å²) >= 11 is 0. The molecule has 0 bridgehead atoms. The average molecular weight is 241 g/mol. The molecule has 0 radical (unpaired) electrons. The Morgan fingerprint density at radius 3 is 2.94 bits per heavy atom. The number of rotatable bonds is 6. The Morgan fingerprint density at radius 1 is 1.65 bits per heavy atom. The smallest absolute Gasteiger partial charge is 0.239 e. The maximum Gasteiger partial charge on any atom is 0.239 e. The molecule has 0 aromatic rings. The van der Waals surface area contributed by atoms with Crippen molar-refractivity contribution in [1.82, 2.24) is 10.2 Å². The lowest BCUT2D eigenvalue weighted by Gasteiger charge is -2.24. The van der Waals surface area contributed by atoms with Gasteiger partial charge in [-0.3, -0.25) is 4.79 Å². The van der Waals surface area contributed by atoms with Crippen LogP contribution in [0.4, 0.5) is 0 Å². The van der Waals surface area contributed by atoms with Gasteiger partial charge < -0.3 is 20.1 Å². The summed E-state index contributed by atoms with van der Waals surface area (Å²) in [6.07, 6.45) is 0.295. The fourth-order valence-corrected chi connectivity index (χ4v) is 1.84. The molecular weight excluding hydrogens is 222 g/mol. The lowest BCUT2D eigenvalue weighted by atomic mass is 10.1. The quantitative estimate of drug-likeness (QED) is 0.629. The molecule has 0 aromatic heterocycles. The first kappa shape index (κ1) is 13.9. The summed E-state index contributed by atoms with van der Waals surface area (Å²) < 4.78 is 4.94. The molecule has 6 heteroatoms. The first-order valence-electron chi connectivity index (χ1n) is 5.75.